The summed E-state index contributed by atoms with van der Waals surface area (Å²) in [6.45, 7) is 0.229. The first-order chi connectivity index (χ1) is 9.10. The van der Waals surface area contributed by atoms with Crippen LogP contribution in [0.5, 0.6) is 5.75 Å². The van der Waals surface area contributed by atoms with Crippen LogP contribution in [0.15, 0.2) is 12.1 Å². The van der Waals surface area contributed by atoms with E-state index in [9.17, 15) is 8.78 Å². The van der Waals surface area contributed by atoms with Crippen molar-refractivity contribution < 1.29 is 13.5 Å². The normalized spacial score (nSPS) is 10.7. The summed E-state index contributed by atoms with van der Waals surface area (Å²) in [6.07, 6.45) is 0. The molecule has 0 amide bonds. The molecule has 0 aliphatic heterocycles. The largest absolute Gasteiger partial charge is 0.479 e. The van der Waals surface area contributed by atoms with Crippen LogP contribution in [-0.2, 0) is 20.2 Å². The number of tetrazole rings is 1. The van der Waals surface area contributed by atoms with Gasteiger partial charge in [-0.3, -0.25) is 0 Å². The van der Waals surface area contributed by atoms with Gasteiger partial charge in [0, 0.05) is 6.54 Å². The minimum atomic E-state index is -0.755. The number of nitrogens with one attached hydrogen (secondary N) is 1. The van der Waals surface area contributed by atoms with Crippen molar-refractivity contribution in [3.8, 4) is 5.75 Å². The molecule has 8 heteroatoms. The third kappa shape index (κ3) is 3.22. The van der Waals surface area contributed by atoms with Crippen molar-refractivity contribution >= 4 is 0 Å². The van der Waals surface area contributed by atoms with Gasteiger partial charge < -0.3 is 10.1 Å². The Morgan fingerprint density at radius 2 is 2.00 bits per heavy atom. The maximum Gasteiger partial charge on any atom is 0.212 e. The van der Waals surface area contributed by atoms with Crippen LogP contribution in [-0.4, -0.2) is 27.3 Å². The Morgan fingerprint density at radius 3 is 2.53 bits per heavy atom. The third-order valence-electron chi connectivity index (χ3n) is 2.33. The van der Waals surface area contributed by atoms with Crippen molar-refractivity contribution in [2.75, 3.05) is 7.05 Å². The lowest BCUT2D eigenvalue weighted by atomic mass is 10.2. The minimum Gasteiger partial charge on any atom is -0.479 e. The standard InChI is InChI=1S/C11H13F2N5O/c1-14-5-7-3-8(12)11(9(13)4-7)19-6-10-15-17-18(2)16-10/h3-4,14H,5-6H2,1-2H3. The van der Waals surface area contributed by atoms with E-state index < -0.39 is 17.4 Å². The number of aromatic nitrogens is 4. The van der Waals surface area contributed by atoms with E-state index in [2.05, 4.69) is 20.7 Å². The summed E-state index contributed by atoms with van der Waals surface area (Å²) in [5.41, 5.74) is 0.502. The van der Waals surface area contributed by atoms with E-state index in [-0.39, 0.29) is 12.4 Å². The van der Waals surface area contributed by atoms with Gasteiger partial charge in [0.1, 0.15) is 0 Å². The maximum atomic E-state index is 13.7. The van der Waals surface area contributed by atoms with Gasteiger partial charge in [0.15, 0.2) is 24.0 Å². The van der Waals surface area contributed by atoms with Gasteiger partial charge in [-0.05, 0) is 30.0 Å². The summed E-state index contributed by atoms with van der Waals surface area (Å²) in [6, 6.07) is 2.44. The molecule has 102 valence electrons. The summed E-state index contributed by atoms with van der Waals surface area (Å²) < 4.78 is 32.4. The Hall–Kier alpha value is -2.09. The molecule has 0 unspecified atom stereocenters. The SMILES string of the molecule is CNCc1cc(F)c(OCc2nnn(C)n2)c(F)c1. The van der Waals surface area contributed by atoms with Gasteiger partial charge in [0.25, 0.3) is 0 Å². The lowest BCUT2D eigenvalue weighted by molar-refractivity contribution is 0.265. The fourth-order valence-electron chi connectivity index (χ4n) is 1.57. The van der Waals surface area contributed by atoms with E-state index in [0.717, 1.165) is 0 Å². The van der Waals surface area contributed by atoms with Crippen molar-refractivity contribution in [1.29, 1.82) is 0 Å². The molecule has 0 saturated heterocycles. The zero-order valence-electron chi connectivity index (χ0n) is 10.5. The van der Waals surface area contributed by atoms with Crippen molar-refractivity contribution in [3.63, 3.8) is 0 Å². The van der Waals surface area contributed by atoms with E-state index in [1.54, 1.807) is 14.1 Å². The Bertz CT molecular complexity index is 549. The van der Waals surface area contributed by atoms with Crippen molar-refractivity contribution in [2.24, 2.45) is 7.05 Å². The van der Waals surface area contributed by atoms with Crippen LogP contribution in [0.2, 0.25) is 0 Å². The van der Waals surface area contributed by atoms with E-state index in [1.807, 2.05) is 0 Å². The fraction of sp³-hybridized carbons (Fsp3) is 0.364. The number of ether oxygens (including phenoxy) is 1. The lowest BCUT2D eigenvalue weighted by Gasteiger charge is -2.08. The molecule has 1 aromatic carbocycles. The zero-order valence-corrected chi connectivity index (χ0v) is 10.5. The van der Waals surface area contributed by atoms with Crippen LogP contribution < -0.4 is 10.1 Å². The Labute approximate surface area is 108 Å². The van der Waals surface area contributed by atoms with Gasteiger partial charge >= 0.3 is 0 Å². The number of halogens is 2. The first-order valence-corrected chi connectivity index (χ1v) is 5.58. The van der Waals surface area contributed by atoms with Gasteiger partial charge in [0.05, 0.1) is 7.05 Å². The molecule has 0 spiro atoms. The fourth-order valence-corrected chi connectivity index (χ4v) is 1.57. The van der Waals surface area contributed by atoms with Crippen molar-refractivity contribution in [2.45, 2.75) is 13.2 Å². The summed E-state index contributed by atoms with van der Waals surface area (Å²) in [4.78, 5) is 1.24. The Balaban J connectivity index is 2.11. The van der Waals surface area contributed by atoms with Crippen LogP contribution in [0.4, 0.5) is 8.78 Å². The molecule has 6 nitrogen and oxygen atoms in total. The predicted molar refractivity (Wildman–Crippen MR) is 62.3 cm³/mol. The maximum absolute atomic E-state index is 13.7. The molecule has 1 N–H and O–H groups in total. The minimum absolute atomic E-state index is 0.146. The van der Waals surface area contributed by atoms with Crippen LogP contribution in [0.25, 0.3) is 0 Å². The van der Waals surface area contributed by atoms with Gasteiger partial charge in [-0.1, -0.05) is 0 Å². The molecule has 0 aliphatic rings. The van der Waals surface area contributed by atoms with Gasteiger partial charge in [0.2, 0.25) is 5.82 Å². The predicted octanol–water partition coefficient (Wildman–Crippen LogP) is 0.787. The highest BCUT2D eigenvalue weighted by atomic mass is 19.1. The molecule has 2 aromatic rings. The summed E-state index contributed by atoms with van der Waals surface area (Å²) >= 11 is 0. The smallest absolute Gasteiger partial charge is 0.212 e. The van der Waals surface area contributed by atoms with Crippen LogP contribution in [0.1, 0.15) is 11.4 Å². The highest BCUT2D eigenvalue weighted by Gasteiger charge is 2.13. The second kappa shape index (κ2) is 5.70. The molecule has 1 aromatic heterocycles. The highest BCUT2D eigenvalue weighted by Crippen LogP contribution is 2.23. The Morgan fingerprint density at radius 1 is 1.32 bits per heavy atom. The lowest BCUT2D eigenvalue weighted by Crippen LogP contribution is -2.07. The molecule has 19 heavy (non-hydrogen) atoms. The topological polar surface area (TPSA) is 64.9 Å². The number of rotatable bonds is 5. The van der Waals surface area contributed by atoms with Crippen molar-refractivity contribution in [1.82, 2.24) is 25.5 Å². The summed E-state index contributed by atoms with van der Waals surface area (Å²) in [5, 5.41) is 13.9. The molecule has 0 fully saturated rings. The van der Waals surface area contributed by atoms with E-state index in [4.69, 9.17) is 4.74 Å². The molecule has 0 saturated carbocycles. The molecule has 0 aliphatic carbocycles. The van der Waals surface area contributed by atoms with Gasteiger partial charge in [-0.2, -0.15) is 4.80 Å². The van der Waals surface area contributed by atoms with Gasteiger partial charge in [-0.25, -0.2) is 8.78 Å². The summed E-state index contributed by atoms with van der Waals surface area (Å²) in [5.74, 6) is -1.70. The molecule has 0 atom stereocenters. The van der Waals surface area contributed by atoms with E-state index >= 15 is 0 Å². The average Bonchev–Trinajstić information content (AvgIpc) is 2.74. The number of hydrogen-bond acceptors (Lipinski definition) is 5. The second-order valence-corrected chi connectivity index (χ2v) is 3.90. The first-order valence-electron chi connectivity index (χ1n) is 5.58. The average molecular weight is 269 g/mol. The molecular formula is C11H13F2N5O. The van der Waals surface area contributed by atoms with E-state index in [0.29, 0.717) is 12.1 Å². The molecular weight excluding hydrogens is 256 g/mol. The molecule has 0 bridgehead atoms. The second-order valence-electron chi connectivity index (χ2n) is 3.90. The Kier molecular flexibility index (Phi) is 4.00. The van der Waals surface area contributed by atoms with Crippen LogP contribution in [0, 0.1) is 11.6 Å². The monoisotopic (exact) mass is 269 g/mol. The van der Waals surface area contributed by atoms with Crippen LogP contribution in [0.3, 0.4) is 0 Å². The number of hydrogen-bond donors (Lipinski definition) is 1. The third-order valence-corrected chi connectivity index (χ3v) is 2.33. The number of nitrogens with zero attached hydrogens (tertiary/aromatic N) is 4. The zero-order chi connectivity index (χ0) is 13.8. The molecule has 2 rings (SSSR count). The quantitative estimate of drug-likeness (QED) is 0.869. The first kappa shape index (κ1) is 13.3. The summed E-state index contributed by atoms with van der Waals surface area (Å²) in [7, 11) is 3.28. The highest BCUT2D eigenvalue weighted by molar-refractivity contribution is 5.31. The van der Waals surface area contributed by atoms with Crippen molar-refractivity contribution in [3.05, 3.63) is 35.2 Å². The molecule has 1 heterocycles. The molecule has 0 radical (unpaired) electrons. The van der Waals surface area contributed by atoms with E-state index in [1.165, 1.54) is 16.9 Å². The van der Waals surface area contributed by atoms with Crippen LogP contribution >= 0.6 is 0 Å². The van der Waals surface area contributed by atoms with Gasteiger partial charge in [-0.15, -0.1) is 10.2 Å². The number of aryl methyl sites for hydroxylation is 1. The number of benzene rings is 1.